The van der Waals surface area contributed by atoms with Gasteiger partial charge < -0.3 is 20.4 Å². The van der Waals surface area contributed by atoms with E-state index < -0.39 is 34.2 Å². The minimum absolute atomic E-state index is 0.175. The van der Waals surface area contributed by atoms with Crippen molar-refractivity contribution in [2.45, 2.75) is 36.8 Å². The van der Waals surface area contributed by atoms with Gasteiger partial charge in [-0.3, -0.25) is 4.90 Å². The highest BCUT2D eigenvalue weighted by molar-refractivity contribution is 7.91. The molecule has 0 amide bonds. The number of aliphatic carboxylic acids is 2. The van der Waals surface area contributed by atoms with E-state index in [2.05, 4.69) is 43.0 Å². The number of rotatable bonds is 7. The molecule has 2 aliphatic rings. The van der Waals surface area contributed by atoms with E-state index >= 15 is 0 Å². The second-order valence-corrected chi connectivity index (χ2v) is 12.8. The van der Waals surface area contributed by atoms with Gasteiger partial charge in [0.1, 0.15) is 4.21 Å². The van der Waals surface area contributed by atoms with E-state index in [4.69, 9.17) is 20.4 Å². The largest absolute Gasteiger partial charge is 0.479 e. The number of aliphatic hydroxyl groups is 2. The first-order chi connectivity index (χ1) is 16.8. The molecule has 0 spiro atoms. The molecule has 2 aromatic rings. The predicted molar refractivity (Wildman–Crippen MR) is 133 cm³/mol. The van der Waals surface area contributed by atoms with Crippen molar-refractivity contribution in [3.63, 3.8) is 0 Å². The number of aliphatic hydroxyl groups excluding tert-OH is 2. The quantitative estimate of drug-likeness (QED) is 0.408. The van der Waals surface area contributed by atoms with Crippen LogP contribution in [0, 0.1) is 17.3 Å². The number of hydrogen-bond acceptors (Lipinski definition) is 8. The monoisotopic (exact) mass is 540 g/mol. The van der Waals surface area contributed by atoms with Gasteiger partial charge in [0.05, 0.1) is 0 Å². The number of thiophene rings is 1. The lowest BCUT2D eigenvalue weighted by Gasteiger charge is -2.55. The van der Waals surface area contributed by atoms with Crippen molar-refractivity contribution in [1.82, 2.24) is 9.21 Å². The molecule has 2 aliphatic heterocycles. The summed E-state index contributed by atoms with van der Waals surface area (Å²) in [6, 6.07) is 14.1. The summed E-state index contributed by atoms with van der Waals surface area (Å²) < 4.78 is 28.2. The maximum absolute atomic E-state index is 13.0. The van der Waals surface area contributed by atoms with Gasteiger partial charge in [0.15, 0.2) is 12.2 Å². The smallest absolute Gasteiger partial charge is 0.335 e. The summed E-state index contributed by atoms with van der Waals surface area (Å²) in [7, 11) is -3.35. The molecule has 0 saturated carbocycles. The number of hydrogen-bond donors (Lipinski definition) is 4. The molecule has 12 heteroatoms. The van der Waals surface area contributed by atoms with Gasteiger partial charge in [0.2, 0.25) is 0 Å². The summed E-state index contributed by atoms with van der Waals surface area (Å²) in [6.07, 6.45) is -4.53. The molecule has 1 aromatic heterocycles. The molecular weight excluding hydrogens is 508 g/mol. The van der Waals surface area contributed by atoms with E-state index in [9.17, 15) is 18.0 Å². The lowest BCUT2D eigenvalue weighted by molar-refractivity contribution is -0.165. The molecule has 36 heavy (non-hydrogen) atoms. The average molecular weight is 541 g/mol. The zero-order valence-electron chi connectivity index (χ0n) is 20.1. The number of piperidine rings is 2. The third kappa shape index (κ3) is 6.31. The number of benzene rings is 1. The summed E-state index contributed by atoms with van der Waals surface area (Å²) in [5, 5.41) is 34.4. The molecule has 0 radical (unpaired) electrons. The Hall–Kier alpha value is -2.35. The molecular formula is C24H32N2O8S2. The summed E-state index contributed by atoms with van der Waals surface area (Å²) in [5.41, 5.74) is 1.50. The van der Waals surface area contributed by atoms with Crippen molar-refractivity contribution >= 4 is 33.3 Å². The normalized spacial score (nSPS) is 23.7. The molecule has 2 bridgehead atoms. The maximum atomic E-state index is 13.0. The number of carboxylic acids is 2. The Morgan fingerprint density at radius 1 is 0.944 bits per heavy atom. The molecule has 4 atom stereocenters. The molecule has 4 unspecified atom stereocenters. The van der Waals surface area contributed by atoms with E-state index in [0.29, 0.717) is 29.1 Å². The van der Waals surface area contributed by atoms with Crippen LogP contribution in [0.1, 0.15) is 19.4 Å². The fraction of sp³-hybridized carbons (Fsp3) is 0.500. The molecule has 2 saturated heterocycles. The third-order valence-electron chi connectivity index (χ3n) is 7.05. The first kappa shape index (κ1) is 28.2. The number of carbonyl (C=O) groups is 2. The summed E-state index contributed by atoms with van der Waals surface area (Å²) >= 11 is 1.31. The first-order valence-corrected chi connectivity index (χ1v) is 13.8. The van der Waals surface area contributed by atoms with Gasteiger partial charge in [-0.2, -0.15) is 4.31 Å². The van der Waals surface area contributed by atoms with Crippen LogP contribution in [0.4, 0.5) is 0 Å². The van der Waals surface area contributed by atoms with E-state index in [-0.39, 0.29) is 5.41 Å². The Morgan fingerprint density at radius 2 is 1.47 bits per heavy atom. The predicted octanol–water partition coefficient (Wildman–Crippen LogP) is 1.40. The minimum Gasteiger partial charge on any atom is -0.479 e. The number of nitrogens with zero attached hydrogens (tertiary/aromatic N) is 2. The highest BCUT2D eigenvalue weighted by atomic mass is 32.2. The van der Waals surface area contributed by atoms with Crippen LogP contribution in [-0.4, -0.2) is 88.4 Å². The second kappa shape index (κ2) is 11.4. The van der Waals surface area contributed by atoms with Crippen LogP contribution in [0.2, 0.25) is 0 Å². The van der Waals surface area contributed by atoms with Crippen LogP contribution >= 0.6 is 11.3 Å². The topological polar surface area (TPSA) is 156 Å². The van der Waals surface area contributed by atoms with Crippen LogP contribution in [0.15, 0.2) is 52.1 Å². The second-order valence-electron chi connectivity index (χ2n) is 9.72. The van der Waals surface area contributed by atoms with Gasteiger partial charge in [-0.05, 0) is 34.3 Å². The molecule has 198 valence electrons. The molecule has 1 aromatic carbocycles. The maximum Gasteiger partial charge on any atom is 0.335 e. The van der Waals surface area contributed by atoms with Gasteiger partial charge in [0.25, 0.3) is 10.0 Å². The van der Waals surface area contributed by atoms with Crippen LogP contribution in [-0.2, 0) is 26.2 Å². The van der Waals surface area contributed by atoms with Gasteiger partial charge in [0, 0.05) is 32.7 Å². The van der Waals surface area contributed by atoms with Crippen LogP contribution in [0.3, 0.4) is 0 Å². The standard InChI is InChI=1S/C20H26N2O2S2.C4H6O6/c1-20(2)17-12-21(11-16-7-4-3-5-8-16)13-18(20)15-22(14-17)26(23,24)19-9-6-10-25-19;5-1(3(7)8)2(6)4(9)10/h3-10,17-18H,11-15H2,1-2H3;1-2,5-6H,(H,7,8)(H,9,10). The molecule has 10 nitrogen and oxygen atoms in total. The third-order valence-corrected chi connectivity index (χ3v) is 10.3. The fourth-order valence-electron chi connectivity index (χ4n) is 4.63. The molecule has 0 aliphatic carbocycles. The molecule has 4 rings (SSSR count). The number of likely N-dealkylation sites (tertiary alicyclic amines) is 1. The van der Waals surface area contributed by atoms with Crippen molar-refractivity contribution in [3.05, 3.63) is 53.4 Å². The summed E-state index contributed by atoms with van der Waals surface area (Å²) in [6.45, 7) is 8.73. The lowest BCUT2D eigenvalue weighted by Crippen LogP contribution is -2.61. The summed E-state index contributed by atoms with van der Waals surface area (Å²) in [5.74, 6) is -2.83. The van der Waals surface area contributed by atoms with Crippen molar-refractivity contribution in [2.75, 3.05) is 26.2 Å². The minimum atomic E-state index is -3.35. The Labute approximate surface area is 214 Å². The van der Waals surface area contributed by atoms with Crippen LogP contribution in [0.5, 0.6) is 0 Å². The van der Waals surface area contributed by atoms with E-state index in [1.807, 2.05) is 17.5 Å². The van der Waals surface area contributed by atoms with E-state index in [1.54, 1.807) is 10.4 Å². The summed E-state index contributed by atoms with van der Waals surface area (Å²) in [4.78, 5) is 22.0. The van der Waals surface area contributed by atoms with Crippen molar-refractivity contribution in [3.8, 4) is 0 Å². The average Bonchev–Trinajstić information content (AvgIpc) is 3.35. The van der Waals surface area contributed by atoms with Gasteiger partial charge >= 0.3 is 11.9 Å². The highest BCUT2D eigenvalue weighted by Gasteiger charge is 2.50. The van der Waals surface area contributed by atoms with Gasteiger partial charge in [-0.15, -0.1) is 11.3 Å². The van der Waals surface area contributed by atoms with Crippen molar-refractivity contribution < 1.29 is 38.4 Å². The Balaban J connectivity index is 0.000000308. The number of sulfonamides is 1. The first-order valence-electron chi connectivity index (χ1n) is 11.5. The SMILES string of the molecule is CC1(C)C2CN(Cc3ccccc3)CC1CN(S(=O)(=O)c1cccs1)C2.O=C(O)C(O)C(O)C(=O)O. The van der Waals surface area contributed by atoms with E-state index in [1.165, 1.54) is 16.9 Å². The molecule has 4 N–H and O–H groups in total. The Morgan fingerprint density at radius 3 is 1.92 bits per heavy atom. The molecule has 3 heterocycles. The van der Waals surface area contributed by atoms with Crippen molar-refractivity contribution in [1.29, 1.82) is 0 Å². The molecule has 2 fully saturated rings. The zero-order valence-corrected chi connectivity index (χ0v) is 21.7. The number of carboxylic acid groups (broad SMARTS) is 2. The van der Waals surface area contributed by atoms with Gasteiger partial charge in [-0.1, -0.05) is 50.2 Å². The zero-order chi connectivity index (χ0) is 26.7. The van der Waals surface area contributed by atoms with Crippen molar-refractivity contribution in [2.24, 2.45) is 17.3 Å². The van der Waals surface area contributed by atoms with Gasteiger partial charge in [-0.25, -0.2) is 18.0 Å². The van der Waals surface area contributed by atoms with Crippen LogP contribution < -0.4 is 0 Å². The Kier molecular flexibility index (Phi) is 8.91. The number of fused-ring (bicyclic) bond motifs is 2. The highest BCUT2D eigenvalue weighted by Crippen LogP contribution is 2.46. The van der Waals surface area contributed by atoms with Crippen LogP contribution in [0.25, 0.3) is 0 Å². The van der Waals surface area contributed by atoms with E-state index in [0.717, 1.165) is 19.6 Å². The Bertz CT molecular complexity index is 1100. The fourth-order valence-corrected chi connectivity index (χ4v) is 7.30. The lowest BCUT2D eigenvalue weighted by atomic mass is 9.64.